The number of nitrogens with two attached hydrogens (primary N) is 1. The Kier molecular flexibility index (Phi) is 6.82. The van der Waals surface area contributed by atoms with Gasteiger partial charge in [0.2, 0.25) is 5.91 Å². The van der Waals surface area contributed by atoms with Crippen molar-refractivity contribution in [2.24, 2.45) is 5.73 Å². The molecule has 7 nitrogen and oxygen atoms in total. The minimum absolute atomic E-state index is 0.0462. The quantitative estimate of drug-likeness (QED) is 0.460. The van der Waals surface area contributed by atoms with Crippen LogP contribution in [0.3, 0.4) is 0 Å². The number of carbonyl (C=O) groups is 2. The van der Waals surface area contributed by atoms with Crippen LogP contribution in [0.4, 0.5) is 5.82 Å². The largest absolute Gasteiger partial charge is 0.476 e. The van der Waals surface area contributed by atoms with Crippen LogP contribution in [-0.2, 0) is 4.79 Å². The zero-order chi connectivity index (χ0) is 26.2. The number of carbonyl (C=O) groups excluding carboxylic acids is 2. The summed E-state index contributed by atoms with van der Waals surface area (Å²) in [4.78, 5) is 31.4. The Labute approximate surface area is 222 Å². The highest BCUT2D eigenvalue weighted by atomic mass is 35.5. The van der Waals surface area contributed by atoms with Gasteiger partial charge in [0.25, 0.3) is 5.91 Å². The van der Waals surface area contributed by atoms with E-state index in [0.29, 0.717) is 16.3 Å². The normalized spacial score (nSPS) is 20.9. The monoisotopic (exact) mass is 518 g/mol. The van der Waals surface area contributed by atoms with Crippen molar-refractivity contribution in [2.75, 3.05) is 4.90 Å². The number of halogens is 1. The van der Waals surface area contributed by atoms with E-state index in [1.165, 1.54) is 6.20 Å². The van der Waals surface area contributed by atoms with Crippen LogP contribution in [0.2, 0.25) is 5.02 Å². The number of benzene rings is 2. The fourth-order valence-corrected chi connectivity index (χ4v) is 5.65. The van der Waals surface area contributed by atoms with Crippen molar-refractivity contribution < 1.29 is 14.3 Å². The van der Waals surface area contributed by atoms with Gasteiger partial charge in [-0.1, -0.05) is 48.0 Å². The third-order valence-electron chi connectivity index (χ3n) is 7.32. The lowest BCUT2D eigenvalue weighted by Crippen LogP contribution is -2.55. The van der Waals surface area contributed by atoms with Gasteiger partial charge in [0.1, 0.15) is 11.6 Å². The van der Waals surface area contributed by atoms with E-state index in [0.717, 1.165) is 42.6 Å². The lowest BCUT2D eigenvalue weighted by Gasteiger charge is -2.40. The Bertz CT molecular complexity index is 1280. The lowest BCUT2D eigenvalue weighted by molar-refractivity contribution is -0.135. The number of nitrogens with one attached hydrogen (secondary N) is 1. The summed E-state index contributed by atoms with van der Waals surface area (Å²) in [6, 6.07) is 19.8. The van der Waals surface area contributed by atoms with E-state index in [9.17, 15) is 9.59 Å². The van der Waals surface area contributed by atoms with Crippen molar-refractivity contribution in [1.82, 2.24) is 10.3 Å². The molecule has 0 radical (unpaired) electrons. The van der Waals surface area contributed by atoms with Crippen molar-refractivity contribution in [3.05, 3.63) is 77.4 Å². The Morgan fingerprint density at radius 1 is 1.03 bits per heavy atom. The first-order chi connectivity index (χ1) is 17.7. The predicted octanol–water partition coefficient (Wildman–Crippen LogP) is 4.97. The number of primary amides is 1. The smallest absolute Gasteiger partial charge is 0.263 e. The summed E-state index contributed by atoms with van der Waals surface area (Å²) in [5.74, 6) is 0.667. The molecule has 3 heterocycles. The first kappa shape index (κ1) is 25.1. The van der Waals surface area contributed by atoms with Gasteiger partial charge in [-0.25, -0.2) is 4.98 Å². The second kappa shape index (κ2) is 10.1. The fourth-order valence-electron chi connectivity index (χ4n) is 5.43. The maximum atomic E-state index is 13.3. The number of piperidine rings is 1. The van der Waals surface area contributed by atoms with E-state index in [4.69, 9.17) is 22.1 Å². The van der Waals surface area contributed by atoms with Crippen molar-refractivity contribution in [3.8, 4) is 16.9 Å². The molecule has 3 atom stereocenters. The molecule has 0 saturated carbocycles. The van der Waals surface area contributed by atoms with E-state index < -0.39 is 11.5 Å². The van der Waals surface area contributed by atoms with Gasteiger partial charge in [-0.3, -0.25) is 9.59 Å². The Balaban J connectivity index is 1.22. The van der Waals surface area contributed by atoms with Gasteiger partial charge in [0.05, 0.1) is 10.6 Å². The van der Waals surface area contributed by atoms with Gasteiger partial charge in [0.15, 0.2) is 5.60 Å². The molecule has 2 aliphatic rings. The number of fused-ring (bicyclic) bond motifs is 2. The molecular formula is C29H31ClN4O3. The molecule has 2 aromatic carbocycles. The van der Waals surface area contributed by atoms with Crippen LogP contribution in [0, 0.1) is 0 Å². The van der Waals surface area contributed by atoms with Crippen LogP contribution in [0.15, 0.2) is 66.9 Å². The molecule has 37 heavy (non-hydrogen) atoms. The van der Waals surface area contributed by atoms with Crippen LogP contribution in [0.1, 0.15) is 49.9 Å². The molecule has 2 fully saturated rings. The number of rotatable bonds is 7. The van der Waals surface area contributed by atoms with Crippen molar-refractivity contribution >= 4 is 29.2 Å². The molecule has 192 valence electrons. The van der Waals surface area contributed by atoms with Gasteiger partial charge >= 0.3 is 0 Å². The Morgan fingerprint density at radius 3 is 2.32 bits per heavy atom. The van der Waals surface area contributed by atoms with Crippen LogP contribution in [0.5, 0.6) is 5.75 Å². The lowest BCUT2D eigenvalue weighted by atomic mass is 9.96. The third kappa shape index (κ3) is 5.27. The summed E-state index contributed by atoms with van der Waals surface area (Å²) >= 11 is 6.54. The van der Waals surface area contributed by atoms with Crippen LogP contribution < -0.4 is 20.7 Å². The molecule has 1 aromatic heterocycles. The number of nitrogens with zero attached hydrogens (tertiary/aromatic N) is 2. The van der Waals surface area contributed by atoms with Gasteiger partial charge in [-0.05, 0) is 74.9 Å². The summed E-state index contributed by atoms with van der Waals surface area (Å²) < 4.78 is 6.11. The maximum Gasteiger partial charge on any atom is 0.263 e. The van der Waals surface area contributed by atoms with E-state index in [2.05, 4.69) is 15.2 Å². The molecule has 5 rings (SSSR count). The average Bonchev–Trinajstić information content (AvgIpc) is 3.15. The average molecular weight is 519 g/mol. The van der Waals surface area contributed by atoms with Gasteiger partial charge in [0, 0.05) is 24.3 Å². The standard InChI is InChI=1S/C29H31ClN4O3/c1-29(2,37-25-12-8-19(14-24(25)30)18-6-4-3-5-7-18)28(36)33-21-15-22-10-11-23(16-21)34(22)26-13-9-20(17-32-26)27(31)35/h3-9,12-14,17,21-23H,10-11,15-16H2,1-2H3,(H2,31,35)(H,33,36)/t21?,22-,23+. The van der Waals surface area contributed by atoms with Crippen molar-refractivity contribution in [2.45, 2.75) is 63.3 Å². The number of amides is 2. The first-order valence-electron chi connectivity index (χ1n) is 12.6. The van der Waals surface area contributed by atoms with E-state index in [1.807, 2.05) is 54.6 Å². The molecule has 2 aliphatic heterocycles. The summed E-state index contributed by atoms with van der Waals surface area (Å²) in [5, 5.41) is 3.68. The second-order valence-corrected chi connectivity index (χ2v) is 10.7. The minimum atomic E-state index is -1.10. The highest BCUT2D eigenvalue weighted by molar-refractivity contribution is 6.32. The molecule has 3 aromatic rings. The number of hydrogen-bond donors (Lipinski definition) is 2. The highest BCUT2D eigenvalue weighted by Gasteiger charge is 2.43. The van der Waals surface area contributed by atoms with Crippen LogP contribution in [0.25, 0.3) is 11.1 Å². The third-order valence-corrected chi connectivity index (χ3v) is 7.61. The predicted molar refractivity (Wildman–Crippen MR) is 145 cm³/mol. The molecule has 2 bridgehead atoms. The zero-order valence-corrected chi connectivity index (χ0v) is 21.7. The highest BCUT2D eigenvalue weighted by Crippen LogP contribution is 2.39. The summed E-state index contributed by atoms with van der Waals surface area (Å²) in [6.07, 6.45) is 5.26. The molecule has 2 saturated heterocycles. The van der Waals surface area contributed by atoms with Crippen LogP contribution in [-0.4, -0.2) is 40.5 Å². The zero-order valence-electron chi connectivity index (χ0n) is 21.0. The van der Waals surface area contributed by atoms with E-state index >= 15 is 0 Å². The second-order valence-electron chi connectivity index (χ2n) is 10.3. The minimum Gasteiger partial charge on any atom is -0.476 e. The van der Waals surface area contributed by atoms with Crippen LogP contribution >= 0.6 is 11.6 Å². The molecule has 0 spiro atoms. The molecule has 0 aliphatic carbocycles. The van der Waals surface area contributed by atoms with Crippen molar-refractivity contribution in [1.29, 1.82) is 0 Å². The summed E-state index contributed by atoms with van der Waals surface area (Å²) in [7, 11) is 0. The summed E-state index contributed by atoms with van der Waals surface area (Å²) in [6.45, 7) is 3.52. The topological polar surface area (TPSA) is 97.5 Å². The van der Waals surface area contributed by atoms with E-state index in [-0.39, 0.29) is 24.0 Å². The number of anilines is 1. The van der Waals surface area contributed by atoms with Gasteiger partial charge in [-0.15, -0.1) is 0 Å². The van der Waals surface area contributed by atoms with Crippen molar-refractivity contribution in [3.63, 3.8) is 0 Å². The summed E-state index contributed by atoms with van der Waals surface area (Å²) in [5.41, 5.74) is 6.70. The molecule has 1 unspecified atom stereocenters. The molecule has 3 N–H and O–H groups in total. The van der Waals surface area contributed by atoms with Gasteiger partial charge in [-0.2, -0.15) is 0 Å². The molecule has 2 amide bonds. The first-order valence-corrected chi connectivity index (χ1v) is 13.0. The number of hydrogen-bond acceptors (Lipinski definition) is 5. The molecule has 8 heteroatoms. The Hall–Kier alpha value is -3.58. The van der Waals surface area contributed by atoms with Gasteiger partial charge < -0.3 is 20.7 Å². The Morgan fingerprint density at radius 2 is 1.73 bits per heavy atom. The maximum absolute atomic E-state index is 13.3. The SMILES string of the molecule is CC(C)(Oc1ccc(-c2ccccc2)cc1Cl)C(=O)NC1C[C@H]2CC[C@@H](C1)N2c1ccc(C(N)=O)cn1. The number of aromatic nitrogens is 1. The fraction of sp³-hybridized carbons (Fsp3) is 0.345. The number of ether oxygens (including phenoxy) is 1. The number of pyridine rings is 1. The molecular weight excluding hydrogens is 488 g/mol. The van der Waals surface area contributed by atoms with E-state index in [1.54, 1.807) is 19.9 Å².